The van der Waals surface area contributed by atoms with Crippen LogP contribution in [0.3, 0.4) is 0 Å². The van der Waals surface area contributed by atoms with Crippen LogP contribution in [0, 0.1) is 0 Å². The van der Waals surface area contributed by atoms with E-state index >= 15 is 0 Å². The first kappa shape index (κ1) is 19.3. The van der Waals surface area contributed by atoms with E-state index in [-0.39, 0.29) is 6.04 Å². The maximum atomic E-state index is 6.50. The van der Waals surface area contributed by atoms with Crippen molar-refractivity contribution in [1.29, 1.82) is 0 Å². The van der Waals surface area contributed by atoms with Crippen molar-refractivity contribution in [2.24, 2.45) is 5.10 Å². The lowest BCUT2D eigenvalue weighted by atomic mass is 9.96. The minimum Gasteiger partial charge on any atom is -0.463 e. The molecule has 3 aromatic rings. The third kappa shape index (κ3) is 3.53. The Morgan fingerprint density at radius 3 is 2.52 bits per heavy atom. The molecule has 5 rings (SSSR count). The summed E-state index contributed by atoms with van der Waals surface area (Å²) in [4.78, 5) is 0. The van der Waals surface area contributed by atoms with E-state index in [0.717, 1.165) is 33.3 Å². The molecule has 2 heterocycles. The van der Waals surface area contributed by atoms with Crippen molar-refractivity contribution in [3.05, 3.63) is 96.9 Å². The molecule has 0 saturated carbocycles. The molecule has 146 valence electrons. The number of hydrogen-bond donors (Lipinski definition) is 0. The molecule has 2 aliphatic rings. The minimum absolute atomic E-state index is 0.0300. The van der Waals surface area contributed by atoms with Gasteiger partial charge in [-0.15, -0.1) is 0 Å². The van der Waals surface area contributed by atoms with Crippen LogP contribution < -0.4 is 4.74 Å². The van der Waals surface area contributed by atoms with Crippen LogP contribution in [0.4, 0.5) is 0 Å². The van der Waals surface area contributed by atoms with E-state index in [1.807, 2.05) is 47.5 Å². The largest absolute Gasteiger partial charge is 0.463 e. The summed E-state index contributed by atoms with van der Waals surface area (Å²) in [6.07, 6.45) is 0.295. The van der Waals surface area contributed by atoms with E-state index in [2.05, 4.69) is 28.1 Å². The second-order valence-electron chi connectivity index (χ2n) is 6.98. The van der Waals surface area contributed by atoms with E-state index in [1.165, 1.54) is 0 Å². The summed E-state index contributed by atoms with van der Waals surface area (Å²) >= 11 is 22.5. The van der Waals surface area contributed by atoms with Gasteiger partial charge in [0, 0.05) is 32.1 Å². The number of hydrogen-bond acceptors (Lipinski definition) is 3. The minimum atomic E-state index is -0.433. The molecule has 2 aliphatic heterocycles. The van der Waals surface area contributed by atoms with Gasteiger partial charge in [0.1, 0.15) is 5.75 Å². The van der Waals surface area contributed by atoms with Crippen LogP contribution >= 0.6 is 50.7 Å². The van der Waals surface area contributed by atoms with Gasteiger partial charge < -0.3 is 4.74 Å². The van der Waals surface area contributed by atoms with Gasteiger partial charge in [-0.2, -0.15) is 5.10 Å². The van der Waals surface area contributed by atoms with Crippen LogP contribution in [-0.2, 0) is 0 Å². The molecule has 0 aromatic heterocycles. The van der Waals surface area contributed by atoms with Crippen LogP contribution in [0.5, 0.6) is 5.75 Å². The number of fused-ring (bicyclic) bond motifs is 3. The lowest BCUT2D eigenvalue weighted by molar-refractivity contribution is -0.0189. The summed E-state index contributed by atoms with van der Waals surface area (Å²) in [6.45, 7) is 0. The molecule has 29 heavy (non-hydrogen) atoms. The molecule has 0 radical (unpaired) electrons. The lowest BCUT2D eigenvalue weighted by Gasteiger charge is -2.38. The Balaban J connectivity index is 1.63. The Kier molecular flexibility index (Phi) is 4.99. The van der Waals surface area contributed by atoms with Gasteiger partial charge in [0.15, 0.2) is 0 Å². The highest BCUT2D eigenvalue weighted by Gasteiger charge is 2.42. The maximum absolute atomic E-state index is 6.50. The molecule has 0 saturated heterocycles. The number of rotatable bonds is 2. The molecule has 7 heteroatoms. The van der Waals surface area contributed by atoms with E-state index in [9.17, 15) is 0 Å². The summed E-state index contributed by atoms with van der Waals surface area (Å²) in [6, 6.07) is 19.4. The quantitative estimate of drug-likeness (QED) is 0.355. The van der Waals surface area contributed by atoms with Crippen LogP contribution in [0.2, 0.25) is 15.1 Å². The Bertz CT molecular complexity index is 1130. The summed E-state index contributed by atoms with van der Waals surface area (Å²) in [5, 5.41) is 8.64. The normalized spacial score (nSPS) is 20.0. The molecule has 0 fully saturated rings. The zero-order valence-corrected chi connectivity index (χ0v) is 18.8. The zero-order chi connectivity index (χ0) is 20.1. The SMILES string of the molecule is Clc1cccc([C@H]2Oc3c(Cl)cc(Cl)cc3[C@H]3CC(c4ccc(Br)cc4)=NN32)c1. The van der Waals surface area contributed by atoms with Crippen LogP contribution in [0.1, 0.15) is 35.4 Å². The third-order valence-electron chi connectivity index (χ3n) is 5.12. The second kappa shape index (κ2) is 7.51. The highest BCUT2D eigenvalue weighted by Crippen LogP contribution is 2.50. The second-order valence-corrected chi connectivity index (χ2v) is 9.18. The third-order valence-corrected chi connectivity index (χ3v) is 6.38. The topological polar surface area (TPSA) is 24.8 Å². The summed E-state index contributed by atoms with van der Waals surface area (Å²) < 4.78 is 7.37. The fourth-order valence-corrected chi connectivity index (χ4v) is 4.83. The number of halogens is 4. The molecule has 3 aromatic carbocycles. The smallest absolute Gasteiger partial charge is 0.214 e. The van der Waals surface area contributed by atoms with Gasteiger partial charge in [-0.05, 0) is 42.0 Å². The predicted molar refractivity (Wildman–Crippen MR) is 121 cm³/mol. The van der Waals surface area contributed by atoms with Crippen molar-refractivity contribution < 1.29 is 4.74 Å². The first-order valence-electron chi connectivity index (χ1n) is 9.02. The van der Waals surface area contributed by atoms with Crippen LogP contribution in [-0.4, -0.2) is 10.7 Å². The number of benzene rings is 3. The molecule has 0 N–H and O–H groups in total. The van der Waals surface area contributed by atoms with Gasteiger partial charge in [0.05, 0.1) is 16.8 Å². The van der Waals surface area contributed by atoms with Crippen LogP contribution in [0.25, 0.3) is 0 Å². The molecule has 0 spiro atoms. The molecule has 0 aliphatic carbocycles. The first-order chi connectivity index (χ1) is 14.0. The average molecular weight is 509 g/mol. The molecule has 3 nitrogen and oxygen atoms in total. The van der Waals surface area contributed by atoms with E-state index in [0.29, 0.717) is 20.8 Å². The Labute approximate surface area is 192 Å². The molecule has 0 bridgehead atoms. The van der Waals surface area contributed by atoms with Crippen molar-refractivity contribution in [2.45, 2.75) is 18.7 Å². The molecule has 0 unspecified atom stereocenters. The van der Waals surface area contributed by atoms with Gasteiger partial charge in [0.25, 0.3) is 0 Å². The van der Waals surface area contributed by atoms with Crippen molar-refractivity contribution >= 4 is 56.4 Å². The van der Waals surface area contributed by atoms with Gasteiger partial charge in [-0.3, -0.25) is 0 Å². The molecular formula is C22H14BrCl3N2O. The van der Waals surface area contributed by atoms with Gasteiger partial charge in [-0.25, -0.2) is 5.01 Å². The summed E-state index contributed by atoms with van der Waals surface area (Å²) in [5.74, 6) is 0.648. The summed E-state index contributed by atoms with van der Waals surface area (Å²) in [7, 11) is 0. The predicted octanol–water partition coefficient (Wildman–Crippen LogP) is 7.65. The number of ether oxygens (including phenoxy) is 1. The zero-order valence-electron chi connectivity index (χ0n) is 14.9. The van der Waals surface area contributed by atoms with Crippen molar-refractivity contribution in [1.82, 2.24) is 5.01 Å². The van der Waals surface area contributed by atoms with E-state index < -0.39 is 6.23 Å². The Morgan fingerprint density at radius 2 is 1.76 bits per heavy atom. The van der Waals surface area contributed by atoms with E-state index in [1.54, 1.807) is 6.07 Å². The number of hydrazone groups is 1. The van der Waals surface area contributed by atoms with Gasteiger partial charge in [-0.1, -0.05) is 75.0 Å². The monoisotopic (exact) mass is 506 g/mol. The Hall–Kier alpha value is -1.72. The van der Waals surface area contributed by atoms with Gasteiger partial charge in [0.2, 0.25) is 6.23 Å². The Morgan fingerprint density at radius 1 is 0.966 bits per heavy atom. The van der Waals surface area contributed by atoms with Gasteiger partial charge >= 0.3 is 0 Å². The van der Waals surface area contributed by atoms with Crippen molar-refractivity contribution in [2.75, 3.05) is 0 Å². The van der Waals surface area contributed by atoms with E-state index in [4.69, 9.17) is 44.6 Å². The summed E-state index contributed by atoms with van der Waals surface area (Å²) in [5.41, 5.74) is 3.92. The fourth-order valence-electron chi connectivity index (χ4n) is 3.81. The lowest BCUT2D eigenvalue weighted by Crippen LogP contribution is -2.33. The molecule has 2 atom stereocenters. The average Bonchev–Trinajstić information content (AvgIpc) is 3.14. The van der Waals surface area contributed by atoms with Crippen LogP contribution in [0.15, 0.2) is 70.2 Å². The van der Waals surface area contributed by atoms with Crippen molar-refractivity contribution in [3.63, 3.8) is 0 Å². The molecular weight excluding hydrogens is 495 g/mol. The standard InChI is InChI=1S/C22H14BrCl3N2O/c23-14-6-4-12(5-7-14)19-11-20-17-9-16(25)10-18(26)21(17)29-22(28(20)27-19)13-2-1-3-15(24)8-13/h1-10,20,22H,11H2/t20-,22-/m1/s1. The first-order valence-corrected chi connectivity index (χ1v) is 10.9. The number of nitrogens with zero attached hydrogens (tertiary/aromatic N) is 2. The fraction of sp³-hybridized carbons (Fsp3) is 0.136. The van der Waals surface area contributed by atoms with Crippen molar-refractivity contribution in [3.8, 4) is 5.75 Å². The maximum Gasteiger partial charge on any atom is 0.214 e. The highest BCUT2D eigenvalue weighted by atomic mass is 79.9. The molecule has 0 amide bonds. The highest BCUT2D eigenvalue weighted by molar-refractivity contribution is 9.10.